The summed E-state index contributed by atoms with van der Waals surface area (Å²) in [5, 5.41) is 10.9. The lowest BCUT2D eigenvalue weighted by atomic mass is 9.85. The molecule has 0 saturated carbocycles. The highest BCUT2D eigenvalue weighted by molar-refractivity contribution is 5.95. The van der Waals surface area contributed by atoms with E-state index in [1.165, 1.54) is 18.2 Å². The summed E-state index contributed by atoms with van der Waals surface area (Å²) in [7, 11) is 0. The van der Waals surface area contributed by atoms with Crippen LogP contribution in [0.2, 0.25) is 0 Å². The Balaban J connectivity index is 2.15. The van der Waals surface area contributed by atoms with Gasteiger partial charge in [-0.05, 0) is 22.8 Å². The molecule has 1 atom stereocenters. The van der Waals surface area contributed by atoms with Crippen LogP contribution >= 0.6 is 0 Å². The van der Waals surface area contributed by atoms with Gasteiger partial charge >= 0.3 is 0 Å². The van der Waals surface area contributed by atoms with Gasteiger partial charge in [0.15, 0.2) is 0 Å². The Bertz CT molecular complexity index is 775. The molecule has 110 valence electrons. The van der Waals surface area contributed by atoms with E-state index in [0.717, 1.165) is 10.5 Å². The van der Waals surface area contributed by atoms with Gasteiger partial charge in [-0.1, -0.05) is 12.1 Å². The van der Waals surface area contributed by atoms with Crippen LogP contribution in [-0.2, 0) is 16.1 Å². The first-order valence-corrected chi connectivity index (χ1v) is 6.54. The molecule has 7 nitrogen and oxygen atoms in total. The van der Waals surface area contributed by atoms with Gasteiger partial charge in [0.05, 0.1) is 17.4 Å². The Morgan fingerprint density at radius 1 is 1.36 bits per heavy atom. The maximum Gasteiger partial charge on any atom is 0.269 e. The summed E-state index contributed by atoms with van der Waals surface area (Å²) in [6.45, 7) is 0.186. The third-order valence-electron chi connectivity index (χ3n) is 3.67. The van der Waals surface area contributed by atoms with Gasteiger partial charge in [0, 0.05) is 24.5 Å². The first-order chi connectivity index (χ1) is 10.6. The van der Waals surface area contributed by atoms with E-state index in [-0.39, 0.29) is 12.2 Å². The number of rotatable bonds is 3. The number of carbonyl (C=O) groups excluding carboxylic acids is 2. The average Bonchev–Trinajstić information content (AvgIpc) is 2.54. The second-order valence-electron chi connectivity index (χ2n) is 4.93. The van der Waals surface area contributed by atoms with E-state index in [1.54, 1.807) is 24.5 Å². The molecule has 2 heterocycles. The number of nitro groups is 1. The number of hydrogen-bond acceptors (Lipinski definition) is 5. The second-order valence-corrected chi connectivity index (χ2v) is 4.93. The molecule has 0 bridgehead atoms. The van der Waals surface area contributed by atoms with Crippen molar-refractivity contribution in [1.82, 2.24) is 9.88 Å². The summed E-state index contributed by atoms with van der Waals surface area (Å²) in [5.41, 5.74) is 1.85. The van der Waals surface area contributed by atoms with E-state index >= 15 is 0 Å². The number of carbonyl (C=O) groups is 2. The molecule has 3 rings (SSSR count). The van der Waals surface area contributed by atoms with Crippen molar-refractivity contribution in [1.29, 1.82) is 0 Å². The van der Waals surface area contributed by atoms with Gasteiger partial charge in [0.1, 0.15) is 0 Å². The van der Waals surface area contributed by atoms with E-state index in [9.17, 15) is 19.7 Å². The van der Waals surface area contributed by atoms with Crippen LogP contribution in [0.5, 0.6) is 0 Å². The SMILES string of the molecule is O=CN1Cc2ccncc2C(c2cccc([N+](=O)[O-])c2)C1=O. The lowest BCUT2D eigenvalue weighted by Gasteiger charge is -2.30. The minimum atomic E-state index is -0.762. The van der Waals surface area contributed by atoms with Crippen LogP contribution in [0.15, 0.2) is 42.7 Å². The van der Waals surface area contributed by atoms with E-state index in [0.29, 0.717) is 17.5 Å². The van der Waals surface area contributed by atoms with Crippen LogP contribution in [0.1, 0.15) is 22.6 Å². The minimum absolute atomic E-state index is 0.0982. The maximum atomic E-state index is 12.5. The molecule has 0 fully saturated rings. The molecule has 0 saturated heterocycles. The fraction of sp³-hybridized carbons (Fsp3) is 0.133. The van der Waals surface area contributed by atoms with Crippen molar-refractivity contribution in [3.63, 3.8) is 0 Å². The van der Waals surface area contributed by atoms with Gasteiger partial charge in [-0.3, -0.25) is 29.6 Å². The number of fused-ring (bicyclic) bond motifs is 1. The molecule has 1 aliphatic heterocycles. The van der Waals surface area contributed by atoms with Crippen molar-refractivity contribution in [3.8, 4) is 0 Å². The number of pyridine rings is 1. The van der Waals surface area contributed by atoms with Gasteiger partial charge in [-0.2, -0.15) is 0 Å². The molecular weight excluding hydrogens is 286 g/mol. The van der Waals surface area contributed by atoms with Crippen LogP contribution < -0.4 is 0 Å². The Morgan fingerprint density at radius 2 is 2.18 bits per heavy atom. The van der Waals surface area contributed by atoms with Crippen LogP contribution in [-0.4, -0.2) is 27.1 Å². The molecule has 0 aliphatic carbocycles. The highest BCUT2D eigenvalue weighted by Crippen LogP contribution is 2.34. The zero-order valence-electron chi connectivity index (χ0n) is 11.4. The number of aromatic nitrogens is 1. The number of amides is 2. The lowest BCUT2D eigenvalue weighted by molar-refractivity contribution is -0.384. The number of nitrogens with zero attached hydrogens (tertiary/aromatic N) is 3. The third kappa shape index (κ3) is 2.22. The number of hydrogen-bond donors (Lipinski definition) is 0. The third-order valence-corrected chi connectivity index (χ3v) is 3.67. The molecule has 2 amide bonds. The van der Waals surface area contributed by atoms with Crippen LogP contribution in [0.25, 0.3) is 0 Å². The van der Waals surface area contributed by atoms with Gasteiger partial charge < -0.3 is 0 Å². The molecule has 1 aliphatic rings. The summed E-state index contributed by atoms with van der Waals surface area (Å²) in [4.78, 5) is 39.1. The van der Waals surface area contributed by atoms with Gasteiger partial charge in [0.25, 0.3) is 5.69 Å². The first kappa shape index (κ1) is 13.9. The van der Waals surface area contributed by atoms with Crippen molar-refractivity contribution < 1.29 is 14.5 Å². The fourth-order valence-electron chi connectivity index (χ4n) is 2.63. The van der Waals surface area contributed by atoms with E-state index < -0.39 is 16.7 Å². The Labute approximate surface area is 125 Å². The number of benzene rings is 1. The van der Waals surface area contributed by atoms with Crippen LogP contribution in [0.4, 0.5) is 5.69 Å². The summed E-state index contributed by atoms with van der Waals surface area (Å²) in [6, 6.07) is 7.62. The number of nitro benzene ring substituents is 1. The topological polar surface area (TPSA) is 93.4 Å². The van der Waals surface area contributed by atoms with Crippen LogP contribution in [0.3, 0.4) is 0 Å². The Morgan fingerprint density at radius 3 is 2.91 bits per heavy atom. The Hall–Kier alpha value is -3.09. The highest BCUT2D eigenvalue weighted by atomic mass is 16.6. The maximum absolute atomic E-state index is 12.5. The molecule has 0 N–H and O–H groups in total. The lowest BCUT2D eigenvalue weighted by Crippen LogP contribution is -2.38. The van der Waals surface area contributed by atoms with Gasteiger partial charge in [-0.25, -0.2) is 0 Å². The second kappa shape index (κ2) is 5.36. The quantitative estimate of drug-likeness (QED) is 0.487. The molecule has 22 heavy (non-hydrogen) atoms. The summed E-state index contributed by atoms with van der Waals surface area (Å²) in [6.07, 6.45) is 3.64. The molecule has 1 unspecified atom stereocenters. The molecule has 1 aromatic heterocycles. The van der Waals surface area contributed by atoms with Crippen molar-refractivity contribution in [2.45, 2.75) is 12.5 Å². The average molecular weight is 297 g/mol. The molecule has 1 aromatic carbocycles. The Kier molecular flexibility index (Phi) is 3.38. The predicted molar refractivity (Wildman–Crippen MR) is 75.8 cm³/mol. The predicted octanol–water partition coefficient (Wildman–Crippen LogP) is 1.62. The molecular formula is C15H11N3O4. The summed E-state index contributed by atoms with van der Waals surface area (Å²) in [5.74, 6) is -1.17. The van der Waals surface area contributed by atoms with E-state index in [2.05, 4.69) is 4.98 Å². The largest absolute Gasteiger partial charge is 0.280 e. The van der Waals surface area contributed by atoms with Crippen molar-refractivity contribution in [3.05, 3.63) is 69.5 Å². The van der Waals surface area contributed by atoms with Crippen LogP contribution in [0, 0.1) is 10.1 Å². The molecule has 2 aromatic rings. The standard InChI is InChI=1S/C15H11N3O4/c19-9-17-8-11-4-5-16-7-13(11)14(15(17)20)10-2-1-3-12(6-10)18(21)22/h1-7,9,14H,8H2. The first-order valence-electron chi connectivity index (χ1n) is 6.54. The molecule has 0 radical (unpaired) electrons. The van der Waals surface area contributed by atoms with E-state index in [1.807, 2.05) is 0 Å². The summed E-state index contributed by atoms with van der Waals surface area (Å²) >= 11 is 0. The van der Waals surface area contributed by atoms with E-state index in [4.69, 9.17) is 0 Å². The number of imide groups is 1. The van der Waals surface area contributed by atoms with Crippen molar-refractivity contribution in [2.24, 2.45) is 0 Å². The molecule has 7 heteroatoms. The fourth-order valence-corrected chi connectivity index (χ4v) is 2.63. The highest BCUT2D eigenvalue weighted by Gasteiger charge is 2.34. The zero-order chi connectivity index (χ0) is 15.7. The smallest absolute Gasteiger partial charge is 0.269 e. The normalized spacial score (nSPS) is 17.0. The van der Waals surface area contributed by atoms with Gasteiger partial charge in [-0.15, -0.1) is 0 Å². The van der Waals surface area contributed by atoms with Crippen molar-refractivity contribution in [2.75, 3.05) is 0 Å². The summed E-state index contributed by atoms with van der Waals surface area (Å²) < 4.78 is 0. The van der Waals surface area contributed by atoms with Crippen molar-refractivity contribution >= 4 is 18.0 Å². The molecule has 0 spiro atoms. The monoisotopic (exact) mass is 297 g/mol. The minimum Gasteiger partial charge on any atom is -0.280 e. The number of non-ortho nitro benzene ring substituents is 1. The van der Waals surface area contributed by atoms with Gasteiger partial charge in [0.2, 0.25) is 12.3 Å². The zero-order valence-corrected chi connectivity index (χ0v) is 11.4.